The summed E-state index contributed by atoms with van der Waals surface area (Å²) >= 11 is 6.19. The van der Waals surface area contributed by atoms with Gasteiger partial charge in [-0.15, -0.1) is 0 Å². The van der Waals surface area contributed by atoms with Gasteiger partial charge in [0, 0.05) is 12.6 Å². The van der Waals surface area contributed by atoms with E-state index in [-0.39, 0.29) is 12.1 Å². The monoisotopic (exact) mass is 324 g/mol. The van der Waals surface area contributed by atoms with Crippen molar-refractivity contribution in [2.75, 3.05) is 19.8 Å². The molecule has 0 radical (unpaired) electrons. The fourth-order valence-corrected chi connectivity index (χ4v) is 2.89. The van der Waals surface area contributed by atoms with Crippen LogP contribution in [-0.4, -0.2) is 31.8 Å². The van der Waals surface area contributed by atoms with Crippen LogP contribution in [0.25, 0.3) is 0 Å². The molecule has 22 heavy (non-hydrogen) atoms. The van der Waals surface area contributed by atoms with Crippen molar-refractivity contribution in [3.05, 3.63) is 22.7 Å². The number of halogens is 1. The Morgan fingerprint density at radius 1 is 1.36 bits per heavy atom. The Morgan fingerprint density at radius 2 is 2.14 bits per heavy atom. The Labute approximate surface area is 135 Å². The van der Waals surface area contributed by atoms with E-state index in [9.17, 15) is 4.79 Å². The highest BCUT2D eigenvalue weighted by atomic mass is 35.5. The van der Waals surface area contributed by atoms with Crippen molar-refractivity contribution in [2.45, 2.75) is 32.2 Å². The minimum Gasteiger partial charge on any atom is -0.486 e. The predicted molar refractivity (Wildman–Crippen MR) is 84.9 cm³/mol. The number of benzene rings is 1. The Hall–Kier alpha value is -1.62. The number of carbonyl (C=O) groups is 1. The van der Waals surface area contributed by atoms with Crippen molar-refractivity contribution < 1.29 is 14.3 Å². The summed E-state index contributed by atoms with van der Waals surface area (Å²) in [6, 6.07) is 3.93. The SMILES string of the molecule is CC(NC(=O)NCCc1cc(Cl)c2c(c1)OCCO2)C1CC1. The van der Waals surface area contributed by atoms with Crippen LogP contribution in [0, 0.1) is 5.92 Å². The predicted octanol–water partition coefficient (Wildman–Crippen LogP) is 2.75. The Bertz CT molecular complexity index is 561. The van der Waals surface area contributed by atoms with Crippen molar-refractivity contribution in [2.24, 2.45) is 5.92 Å². The molecule has 0 bridgehead atoms. The molecule has 120 valence electrons. The second kappa shape index (κ2) is 6.65. The molecular weight excluding hydrogens is 304 g/mol. The fourth-order valence-electron chi connectivity index (χ4n) is 2.60. The van der Waals surface area contributed by atoms with E-state index in [4.69, 9.17) is 21.1 Å². The third-order valence-corrected chi connectivity index (χ3v) is 4.32. The summed E-state index contributed by atoms with van der Waals surface area (Å²) in [7, 11) is 0. The molecule has 3 rings (SSSR count). The third-order valence-electron chi connectivity index (χ3n) is 4.04. The molecule has 1 saturated carbocycles. The summed E-state index contributed by atoms with van der Waals surface area (Å²) in [6.45, 7) is 3.66. The molecule has 5 nitrogen and oxygen atoms in total. The van der Waals surface area contributed by atoms with E-state index in [2.05, 4.69) is 17.6 Å². The Morgan fingerprint density at radius 3 is 2.91 bits per heavy atom. The third kappa shape index (κ3) is 3.77. The smallest absolute Gasteiger partial charge is 0.315 e. The number of amides is 2. The first-order valence-electron chi connectivity index (χ1n) is 7.76. The fraction of sp³-hybridized carbons (Fsp3) is 0.562. The summed E-state index contributed by atoms with van der Waals surface area (Å²) in [5.74, 6) is 1.95. The van der Waals surface area contributed by atoms with Gasteiger partial charge in [-0.25, -0.2) is 4.79 Å². The van der Waals surface area contributed by atoms with Gasteiger partial charge in [-0.1, -0.05) is 11.6 Å². The van der Waals surface area contributed by atoms with Crippen molar-refractivity contribution in [1.82, 2.24) is 10.6 Å². The molecule has 2 aliphatic rings. The van der Waals surface area contributed by atoms with Gasteiger partial charge in [0.05, 0.1) is 5.02 Å². The van der Waals surface area contributed by atoms with E-state index in [0.717, 1.165) is 5.56 Å². The maximum absolute atomic E-state index is 11.8. The van der Waals surface area contributed by atoms with Gasteiger partial charge in [-0.05, 0) is 49.8 Å². The number of hydrogen-bond acceptors (Lipinski definition) is 3. The van der Waals surface area contributed by atoms with Gasteiger partial charge in [-0.2, -0.15) is 0 Å². The lowest BCUT2D eigenvalue weighted by molar-refractivity contribution is 0.171. The highest BCUT2D eigenvalue weighted by molar-refractivity contribution is 6.32. The lowest BCUT2D eigenvalue weighted by Crippen LogP contribution is -2.42. The molecule has 1 aromatic rings. The van der Waals surface area contributed by atoms with Gasteiger partial charge in [0.15, 0.2) is 11.5 Å². The number of fused-ring (bicyclic) bond motifs is 1. The normalized spacial score (nSPS) is 17.7. The molecule has 1 unspecified atom stereocenters. The summed E-state index contributed by atoms with van der Waals surface area (Å²) < 4.78 is 11.0. The summed E-state index contributed by atoms with van der Waals surface area (Å²) in [5.41, 5.74) is 1.02. The van der Waals surface area contributed by atoms with Crippen LogP contribution in [-0.2, 0) is 6.42 Å². The molecule has 1 aromatic carbocycles. The van der Waals surface area contributed by atoms with Crippen LogP contribution < -0.4 is 20.1 Å². The minimum atomic E-state index is -0.108. The molecule has 1 atom stereocenters. The van der Waals surface area contributed by atoms with E-state index in [1.165, 1.54) is 12.8 Å². The number of ether oxygens (including phenoxy) is 2. The van der Waals surface area contributed by atoms with Gasteiger partial charge in [0.25, 0.3) is 0 Å². The number of urea groups is 1. The zero-order chi connectivity index (χ0) is 15.5. The average molecular weight is 325 g/mol. The maximum atomic E-state index is 11.8. The molecule has 1 heterocycles. The van der Waals surface area contributed by atoms with Gasteiger partial charge in [0.1, 0.15) is 13.2 Å². The standard InChI is InChI=1S/C16H21ClN2O3/c1-10(12-2-3-12)19-16(20)18-5-4-11-8-13(17)15-14(9-11)21-6-7-22-15/h8-10,12H,2-7H2,1H3,(H2,18,19,20). The Balaban J connectivity index is 1.49. The zero-order valence-electron chi connectivity index (χ0n) is 12.7. The molecule has 2 N–H and O–H groups in total. The minimum absolute atomic E-state index is 0.108. The number of nitrogens with one attached hydrogen (secondary N) is 2. The van der Waals surface area contributed by atoms with Crippen molar-refractivity contribution in [3.63, 3.8) is 0 Å². The molecule has 0 saturated heterocycles. The first-order valence-corrected chi connectivity index (χ1v) is 8.13. The Kier molecular flexibility index (Phi) is 4.62. The molecule has 2 amide bonds. The molecular formula is C16H21ClN2O3. The van der Waals surface area contributed by atoms with Crippen LogP contribution in [0.1, 0.15) is 25.3 Å². The van der Waals surface area contributed by atoms with Crippen LogP contribution in [0.4, 0.5) is 4.79 Å². The molecule has 1 aliphatic heterocycles. The summed E-state index contributed by atoms with van der Waals surface area (Å²) in [4.78, 5) is 11.8. The largest absolute Gasteiger partial charge is 0.486 e. The van der Waals surface area contributed by atoms with Crippen molar-refractivity contribution in [3.8, 4) is 11.5 Å². The topological polar surface area (TPSA) is 59.6 Å². The van der Waals surface area contributed by atoms with Crippen LogP contribution in [0.15, 0.2) is 12.1 Å². The lowest BCUT2D eigenvalue weighted by Gasteiger charge is -2.20. The molecule has 1 fully saturated rings. The average Bonchev–Trinajstić information content (AvgIpc) is 3.32. The van der Waals surface area contributed by atoms with E-state index in [0.29, 0.717) is 48.6 Å². The number of hydrogen-bond donors (Lipinski definition) is 2. The van der Waals surface area contributed by atoms with Gasteiger partial charge in [0.2, 0.25) is 0 Å². The van der Waals surface area contributed by atoms with E-state index in [1.54, 1.807) is 0 Å². The summed E-state index contributed by atoms with van der Waals surface area (Å²) in [5, 5.41) is 6.40. The van der Waals surface area contributed by atoms with Gasteiger partial charge < -0.3 is 20.1 Å². The van der Waals surface area contributed by atoms with Crippen LogP contribution in [0.5, 0.6) is 11.5 Å². The van der Waals surface area contributed by atoms with Crippen molar-refractivity contribution in [1.29, 1.82) is 0 Å². The zero-order valence-corrected chi connectivity index (χ0v) is 13.4. The number of carbonyl (C=O) groups excluding carboxylic acids is 1. The number of rotatable bonds is 5. The summed E-state index contributed by atoms with van der Waals surface area (Å²) in [6.07, 6.45) is 3.13. The van der Waals surface area contributed by atoms with E-state index in [1.807, 2.05) is 12.1 Å². The van der Waals surface area contributed by atoms with Crippen LogP contribution in [0.2, 0.25) is 5.02 Å². The van der Waals surface area contributed by atoms with E-state index >= 15 is 0 Å². The molecule has 1 aliphatic carbocycles. The van der Waals surface area contributed by atoms with Crippen LogP contribution >= 0.6 is 11.6 Å². The molecule has 6 heteroatoms. The molecule has 0 spiro atoms. The van der Waals surface area contributed by atoms with Gasteiger partial charge >= 0.3 is 6.03 Å². The first kappa shape index (κ1) is 15.3. The highest BCUT2D eigenvalue weighted by Crippen LogP contribution is 2.38. The first-order chi connectivity index (χ1) is 10.6. The lowest BCUT2D eigenvalue weighted by atomic mass is 10.1. The molecule has 0 aromatic heterocycles. The maximum Gasteiger partial charge on any atom is 0.315 e. The van der Waals surface area contributed by atoms with Gasteiger partial charge in [-0.3, -0.25) is 0 Å². The van der Waals surface area contributed by atoms with Crippen LogP contribution in [0.3, 0.4) is 0 Å². The second-order valence-corrected chi connectivity index (χ2v) is 6.29. The van der Waals surface area contributed by atoms with Crippen molar-refractivity contribution >= 4 is 17.6 Å². The van der Waals surface area contributed by atoms with E-state index < -0.39 is 0 Å². The quantitative estimate of drug-likeness (QED) is 0.875. The second-order valence-electron chi connectivity index (χ2n) is 5.88. The highest BCUT2D eigenvalue weighted by Gasteiger charge is 2.28.